The third kappa shape index (κ3) is 5.55. The summed E-state index contributed by atoms with van der Waals surface area (Å²) < 4.78 is 28.7. The van der Waals surface area contributed by atoms with Crippen LogP contribution in [0, 0.1) is 5.92 Å². The van der Waals surface area contributed by atoms with Crippen molar-refractivity contribution in [1.29, 1.82) is 0 Å². The van der Waals surface area contributed by atoms with Crippen LogP contribution in [0.4, 0.5) is 0 Å². The molecule has 8 heteroatoms. The molecule has 0 bridgehead atoms. The van der Waals surface area contributed by atoms with Crippen molar-refractivity contribution in [2.75, 3.05) is 13.1 Å². The maximum absolute atomic E-state index is 13.6. The Morgan fingerprint density at radius 2 is 1.43 bits per heavy atom. The van der Waals surface area contributed by atoms with Crippen LogP contribution in [0.1, 0.15) is 48.9 Å². The summed E-state index contributed by atoms with van der Waals surface area (Å²) in [4.78, 5) is 26.4. The largest absolute Gasteiger partial charge is 0.351 e. The standard InChI is InChI=1S/C29H33N3O4S/c33-28(22-11-2-1-3-12-22)30-25-16-6-7-17-26(25)31-29(34)23-14-9-19-32(20-23)37(35,36)27-18-8-13-21-10-4-5-15-24(21)27/h1-5,8,10-13,15,18,23,25-26H,6-7,9,14,16-17,19-20H2,(H,30,33)(H,31,34)/t23?,25-,26?/m1/s1. The number of amides is 2. The van der Waals surface area contributed by atoms with Crippen LogP contribution < -0.4 is 10.6 Å². The van der Waals surface area contributed by atoms with Crippen molar-refractivity contribution in [2.45, 2.75) is 55.5 Å². The lowest BCUT2D eigenvalue weighted by atomic mass is 9.89. The third-order valence-corrected chi connectivity index (χ3v) is 9.49. The number of piperidine rings is 1. The van der Waals surface area contributed by atoms with Crippen LogP contribution in [0.5, 0.6) is 0 Å². The van der Waals surface area contributed by atoms with Gasteiger partial charge in [0.1, 0.15) is 0 Å². The highest BCUT2D eigenvalue weighted by Crippen LogP contribution is 2.29. The molecule has 3 aromatic rings. The second-order valence-electron chi connectivity index (χ2n) is 10.0. The summed E-state index contributed by atoms with van der Waals surface area (Å²) in [7, 11) is -3.75. The average Bonchev–Trinajstić information content (AvgIpc) is 2.94. The van der Waals surface area contributed by atoms with Gasteiger partial charge in [-0.25, -0.2) is 8.42 Å². The lowest BCUT2D eigenvalue weighted by Crippen LogP contribution is -2.55. The molecule has 0 spiro atoms. The predicted octanol–water partition coefficient (Wildman–Crippen LogP) is 4.10. The second kappa shape index (κ2) is 11.0. The summed E-state index contributed by atoms with van der Waals surface area (Å²) in [6.07, 6.45) is 4.83. The van der Waals surface area contributed by atoms with E-state index in [4.69, 9.17) is 0 Å². The first-order valence-electron chi connectivity index (χ1n) is 13.1. The second-order valence-corrected chi connectivity index (χ2v) is 11.9. The molecule has 3 aromatic carbocycles. The Hall–Kier alpha value is -3.23. The van der Waals surface area contributed by atoms with E-state index in [0.717, 1.165) is 31.1 Å². The summed E-state index contributed by atoms with van der Waals surface area (Å²) in [6, 6.07) is 21.5. The molecule has 1 aliphatic heterocycles. The molecule has 1 saturated heterocycles. The molecule has 3 atom stereocenters. The minimum atomic E-state index is -3.75. The van der Waals surface area contributed by atoms with Crippen molar-refractivity contribution in [3.05, 3.63) is 78.4 Å². The van der Waals surface area contributed by atoms with Gasteiger partial charge in [-0.3, -0.25) is 9.59 Å². The summed E-state index contributed by atoms with van der Waals surface area (Å²) >= 11 is 0. The highest BCUT2D eigenvalue weighted by molar-refractivity contribution is 7.89. The van der Waals surface area contributed by atoms with Crippen molar-refractivity contribution in [1.82, 2.24) is 14.9 Å². The minimum Gasteiger partial charge on any atom is -0.351 e. The molecule has 2 unspecified atom stereocenters. The number of carbonyl (C=O) groups excluding carboxylic acids is 2. The molecular weight excluding hydrogens is 486 g/mol. The van der Waals surface area contributed by atoms with Crippen LogP contribution in [0.15, 0.2) is 77.7 Å². The zero-order valence-corrected chi connectivity index (χ0v) is 21.6. The number of hydrogen-bond donors (Lipinski definition) is 2. The Morgan fingerprint density at radius 3 is 2.22 bits per heavy atom. The Bertz CT molecular complexity index is 1370. The number of nitrogens with zero attached hydrogens (tertiary/aromatic N) is 1. The first-order chi connectivity index (χ1) is 17.9. The maximum atomic E-state index is 13.6. The fraction of sp³-hybridized carbons (Fsp3) is 0.379. The average molecular weight is 520 g/mol. The van der Waals surface area contributed by atoms with E-state index in [0.29, 0.717) is 30.3 Å². The predicted molar refractivity (Wildman–Crippen MR) is 144 cm³/mol. The smallest absolute Gasteiger partial charge is 0.251 e. The van der Waals surface area contributed by atoms with Crippen molar-refractivity contribution in [2.24, 2.45) is 5.92 Å². The molecule has 0 aromatic heterocycles. The molecule has 2 aliphatic rings. The Labute approximate surface area is 218 Å². The van der Waals surface area contributed by atoms with Crippen molar-refractivity contribution in [3.63, 3.8) is 0 Å². The number of hydrogen-bond acceptors (Lipinski definition) is 4. The molecule has 5 rings (SSSR count). The van der Waals surface area contributed by atoms with E-state index < -0.39 is 15.9 Å². The van der Waals surface area contributed by atoms with Gasteiger partial charge in [0.15, 0.2) is 0 Å². The lowest BCUT2D eigenvalue weighted by Gasteiger charge is -2.36. The van der Waals surface area contributed by atoms with Gasteiger partial charge in [-0.05, 0) is 49.3 Å². The van der Waals surface area contributed by atoms with Gasteiger partial charge in [0.2, 0.25) is 15.9 Å². The Kier molecular flexibility index (Phi) is 7.58. The van der Waals surface area contributed by atoms with Gasteiger partial charge >= 0.3 is 0 Å². The Morgan fingerprint density at radius 1 is 0.757 bits per heavy atom. The van der Waals surface area contributed by atoms with Gasteiger partial charge in [0, 0.05) is 36.1 Å². The molecular formula is C29H33N3O4S. The summed E-state index contributed by atoms with van der Waals surface area (Å²) in [6.45, 7) is 0.555. The Balaban J connectivity index is 1.27. The van der Waals surface area contributed by atoms with E-state index in [-0.39, 0.29) is 35.3 Å². The van der Waals surface area contributed by atoms with E-state index in [1.54, 1.807) is 24.3 Å². The quantitative estimate of drug-likeness (QED) is 0.513. The van der Waals surface area contributed by atoms with Crippen molar-refractivity contribution < 1.29 is 18.0 Å². The zero-order valence-electron chi connectivity index (χ0n) is 20.8. The van der Waals surface area contributed by atoms with Crippen LogP contribution in [0.2, 0.25) is 0 Å². The number of fused-ring (bicyclic) bond motifs is 1. The van der Waals surface area contributed by atoms with Crippen LogP contribution >= 0.6 is 0 Å². The lowest BCUT2D eigenvalue weighted by molar-refractivity contribution is -0.127. The van der Waals surface area contributed by atoms with Gasteiger partial charge in [-0.2, -0.15) is 4.31 Å². The maximum Gasteiger partial charge on any atom is 0.251 e. The molecule has 2 fully saturated rings. The number of sulfonamides is 1. The number of carbonyl (C=O) groups is 2. The molecule has 37 heavy (non-hydrogen) atoms. The van der Waals surface area contributed by atoms with Crippen molar-refractivity contribution >= 4 is 32.6 Å². The van der Waals surface area contributed by atoms with Gasteiger partial charge < -0.3 is 10.6 Å². The fourth-order valence-electron chi connectivity index (χ4n) is 5.55. The van der Waals surface area contributed by atoms with E-state index in [9.17, 15) is 18.0 Å². The molecule has 0 radical (unpaired) electrons. The van der Waals surface area contributed by atoms with E-state index >= 15 is 0 Å². The number of nitrogens with one attached hydrogen (secondary N) is 2. The fourth-order valence-corrected chi connectivity index (χ4v) is 7.29. The SMILES string of the molecule is O=C(N[C@@H]1CCCCC1NC(=O)C1CCCN(S(=O)(=O)c2cccc3ccccc23)C1)c1ccccc1. The molecule has 7 nitrogen and oxygen atoms in total. The molecule has 2 amide bonds. The van der Waals surface area contributed by atoms with Crippen LogP contribution in [-0.2, 0) is 14.8 Å². The number of rotatable bonds is 6. The van der Waals surface area contributed by atoms with Crippen LogP contribution in [0.25, 0.3) is 10.8 Å². The van der Waals surface area contributed by atoms with E-state index in [1.165, 1.54) is 4.31 Å². The normalized spacial score (nSPS) is 22.9. The first-order valence-corrected chi connectivity index (χ1v) is 14.5. The molecule has 1 saturated carbocycles. The molecule has 1 aliphatic carbocycles. The zero-order chi connectivity index (χ0) is 25.8. The molecule has 194 valence electrons. The first kappa shape index (κ1) is 25.4. The van der Waals surface area contributed by atoms with Gasteiger partial charge in [-0.15, -0.1) is 0 Å². The van der Waals surface area contributed by atoms with Crippen molar-refractivity contribution in [3.8, 4) is 0 Å². The van der Waals surface area contributed by atoms with E-state index in [2.05, 4.69) is 10.6 Å². The molecule has 1 heterocycles. The highest BCUT2D eigenvalue weighted by Gasteiger charge is 2.36. The van der Waals surface area contributed by atoms with Crippen LogP contribution in [-0.4, -0.2) is 49.7 Å². The minimum absolute atomic E-state index is 0.135. The van der Waals surface area contributed by atoms with Gasteiger partial charge in [0.05, 0.1) is 10.8 Å². The van der Waals surface area contributed by atoms with Gasteiger partial charge in [-0.1, -0.05) is 67.4 Å². The van der Waals surface area contributed by atoms with E-state index in [1.807, 2.05) is 48.5 Å². The van der Waals surface area contributed by atoms with Gasteiger partial charge in [0.25, 0.3) is 5.91 Å². The summed E-state index contributed by atoms with van der Waals surface area (Å²) in [5.74, 6) is -0.702. The summed E-state index contributed by atoms with van der Waals surface area (Å²) in [5.41, 5.74) is 0.597. The monoisotopic (exact) mass is 519 g/mol. The molecule has 2 N–H and O–H groups in total. The topological polar surface area (TPSA) is 95.6 Å². The van der Waals surface area contributed by atoms with Crippen LogP contribution in [0.3, 0.4) is 0 Å². The third-order valence-electron chi connectivity index (χ3n) is 7.57. The highest BCUT2D eigenvalue weighted by atomic mass is 32.2. The number of benzene rings is 3. The summed E-state index contributed by atoms with van der Waals surface area (Å²) in [5, 5.41) is 7.83.